The van der Waals surface area contributed by atoms with Gasteiger partial charge in [-0.3, -0.25) is 4.79 Å². The fraction of sp³-hybridized carbons (Fsp3) is 0.364. The molecular formula is C11H13ClN2O3S. The highest BCUT2D eigenvalue weighted by molar-refractivity contribution is 7.89. The van der Waals surface area contributed by atoms with E-state index in [1.807, 2.05) is 0 Å². The predicted octanol–water partition coefficient (Wildman–Crippen LogP) is 0.851. The molecule has 2 rings (SSSR count). The first-order valence-corrected chi connectivity index (χ1v) is 7.34. The third-order valence-electron chi connectivity index (χ3n) is 2.66. The first kappa shape index (κ1) is 13.3. The van der Waals surface area contributed by atoms with Crippen LogP contribution in [0.2, 0.25) is 5.02 Å². The Labute approximate surface area is 111 Å². The van der Waals surface area contributed by atoms with Gasteiger partial charge in [0.05, 0.1) is 11.4 Å². The van der Waals surface area contributed by atoms with Crippen LogP contribution in [0.3, 0.4) is 0 Å². The lowest BCUT2D eigenvalue weighted by atomic mass is 10.4. The number of hydrogen-bond donors (Lipinski definition) is 1. The van der Waals surface area contributed by atoms with E-state index in [0.29, 0.717) is 24.5 Å². The van der Waals surface area contributed by atoms with Crippen molar-refractivity contribution in [1.82, 2.24) is 9.62 Å². The number of hydrogen-bond acceptors (Lipinski definition) is 3. The molecule has 1 heterocycles. The van der Waals surface area contributed by atoms with E-state index in [-0.39, 0.29) is 17.3 Å². The summed E-state index contributed by atoms with van der Waals surface area (Å²) in [5.74, 6) is -0.280. The molecule has 0 bridgehead atoms. The van der Waals surface area contributed by atoms with Crippen LogP contribution in [0.1, 0.15) is 6.42 Å². The number of nitrogens with one attached hydrogen (secondary N) is 1. The third-order valence-corrected chi connectivity index (χ3v) is 4.74. The van der Waals surface area contributed by atoms with E-state index in [0.717, 1.165) is 0 Å². The van der Waals surface area contributed by atoms with Crippen molar-refractivity contribution in [2.24, 2.45) is 0 Å². The summed E-state index contributed by atoms with van der Waals surface area (Å²) in [6, 6.07) is 6.05. The number of sulfonamides is 1. The first-order chi connectivity index (χ1) is 8.50. The Hall–Kier alpha value is -1.11. The van der Waals surface area contributed by atoms with Gasteiger partial charge in [0.2, 0.25) is 15.9 Å². The summed E-state index contributed by atoms with van der Waals surface area (Å²) >= 11 is 5.79. The van der Waals surface area contributed by atoms with Gasteiger partial charge in [0, 0.05) is 18.1 Å². The summed E-state index contributed by atoms with van der Waals surface area (Å²) in [6.45, 7) is 0.683. The molecule has 7 heteroatoms. The van der Waals surface area contributed by atoms with Crippen molar-refractivity contribution in [3.8, 4) is 0 Å². The Morgan fingerprint density at radius 2 is 2.11 bits per heavy atom. The average Bonchev–Trinajstić information content (AvgIpc) is 2.54. The summed E-state index contributed by atoms with van der Waals surface area (Å²) in [5, 5.41) is 3.00. The Bertz CT molecular complexity index is 559. The number of halogens is 1. The van der Waals surface area contributed by atoms with Crippen molar-refractivity contribution in [2.75, 3.05) is 19.6 Å². The Morgan fingerprint density at radius 3 is 2.83 bits per heavy atom. The molecule has 0 saturated carbocycles. The maximum atomic E-state index is 12.3. The molecule has 0 aromatic heterocycles. The summed E-state index contributed by atoms with van der Waals surface area (Å²) < 4.78 is 25.8. The topological polar surface area (TPSA) is 66.5 Å². The van der Waals surface area contributed by atoms with Crippen molar-refractivity contribution in [2.45, 2.75) is 11.3 Å². The third kappa shape index (κ3) is 2.82. The van der Waals surface area contributed by atoms with Crippen molar-refractivity contribution in [1.29, 1.82) is 0 Å². The van der Waals surface area contributed by atoms with E-state index in [2.05, 4.69) is 5.32 Å². The molecule has 0 aliphatic carbocycles. The van der Waals surface area contributed by atoms with E-state index in [4.69, 9.17) is 11.6 Å². The van der Waals surface area contributed by atoms with Crippen molar-refractivity contribution < 1.29 is 13.2 Å². The second-order valence-electron chi connectivity index (χ2n) is 4.00. The normalized spacial score (nSPS) is 18.2. The van der Waals surface area contributed by atoms with Gasteiger partial charge in [0.1, 0.15) is 0 Å². The summed E-state index contributed by atoms with van der Waals surface area (Å²) in [6.07, 6.45) is 0.603. The lowest BCUT2D eigenvalue weighted by Gasteiger charge is -2.18. The van der Waals surface area contributed by atoms with E-state index in [1.54, 1.807) is 12.1 Å². The van der Waals surface area contributed by atoms with Gasteiger partial charge in [-0.1, -0.05) is 17.7 Å². The number of carbonyl (C=O) groups excluding carboxylic acids is 1. The molecule has 0 unspecified atom stereocenters. The SMILES string of the molecule is O=C1CN(S(=O)(=O)c2cccc(Cl)c2)CCCN1. The van der Waals surface area contributed by atoms with Crippen molar-refractivity contribution in [3.05, 3.63) is 29.3 Å². The number of nitrogens with zero attached hydrogens (tertiary/aromatic N) is 1. The molecule has 1 aromatic rings. The second-order valence-corrected chi connectivity index (χ2v) is 6.37. The van der Waals surface area contributed by atoms with Gasteiger partial charge in [0.25, 0.3) is 0 Å². The lowest BCUT2D eigenvalue weighted by Crippen LogP contribution is -2.37. The van der Waals surface area contributed by atoms with Crippen LogP contribution in [-0.4, -0.2) is 38.3 Å². The van der Waals surface area contributed by atoms with Crippen LogP contribution < -0.4 is 5.32 Å². The van der Waals surface area contributed by atoms with Crippen molar-refractivity contribution in [3.63, 3.8) is 0 Å². The molecule has 0 radical (unpaired) electrons. The van der Waals surface area contributed by atoms with Gasteiger partial charge in [-0.25, -0.2) is 8.42 Å². The van der Waals surface area contributed by atoms with Crippen LogP contribution >= 0.6 is 11.6 Å². The molecule has 0 atom stereocenters. The molecule has 1 fully saturated rings. The molecule has 5 nitrogen and oxygen atoms in total. The van der Waals surface area contributed by atoms with Gasteiger partial charge < -0.3 is 5.32 Å². The number of amides is 1. The van der Waals surface area contributed by atoms with Gasteiger partial charge in [0.15, 0.2) is 0 Å². The summed E-state index contributed by atoms with van der Waals surface area (Å²) in [4.78, 5) is 11.5. The summed E-state index contributed by atoms with van der Waals surface area (Å²) in [7, 11) is -3.65. The van der Waals surface area contributed by atoms with E-state index < -0.39 is 10.0 Å². The largest absolute Gasteiger partial charge is 0.355 e. The van der Waals surface area contributed by atoms with Crippen molar-refractivity contribution >= 4 is 27.5 Å². The zero-order valence-electron chi connectivity index (χ0n) is 9.60. The predicted molar refractivity (Wildman–Crippen MR) is 67.8 cm³/mol. The zero-order chi connectivity index (χ0) is 13.2. The highest BCUT2D eigenvalue weighted by atomic mass is 35.5. The zero-order valence-corrected chi connectivity index (χ0v) is 11.2. The number of benzene rings is 1. The van der Waals surface area contributed by atoms with E-state index in [1.165, 1.54) is 16.4 Å². The van der Waals surface area contributed by atoms with Crippen LogP contribution in [0.5, 0.6) is 0 Å². The van der Waals surface area contributed by atoms with Gasteiger partial charge in [-0.2, -0.15) is 4.31 Å². The Kier molecular flexibility index (Phi) is 3.89. The van der Waals surface area contributed by atoms with E-state index >= 15 is 0 Å². The van der Waals surface area contributed by atoms with Gasteiger partial charge in [-0.15, -0.1) is 0 Å². The Morgan fingerprint density at radius 1 is 1.33 bits per heavy atom. The molecule has 98 valence electrons. The van der Waals surface area contributed by atoms with Crippen LogP contribution in [0, 0.1) is 0 Å². The van der Waals surface area contributed by atoms with Gasteiger partial charge in [-0.05, 0) is 24.6 Å². The fourth-order valence-corrected chi connectivity index (χ4v) is 3.50. The van der Waals surface area contributed by atoms with Crippen LogP contribution in [-0.2, 0) is 14.8 Å². The van der Waals surface area contributed by atoms with Crippen LogP contribution in [0.15, 0.2) is 29.2 Å². The average molecular weight is 289 g/mol. The summed E-state index contributed by atoms with van der Waals surface area (Å²) in [5.41, 5.74) is 0. The number of rotatable bonds is 2. The minimum Gasteiger partial charge on any atom is -0.355 e. The molecule has 1 aliphatic rings. The molecule has 1 aliphatic heterocycles. The smallest absolute Gasteiger partial charge is 0.243 e. The lowest BCUT2D eigenvalue weighted by molar-refractivity contribution is -0.120. The van der Waals surface area contributed by atoms with E-state index in [9.17, 15) is 13.2 Å². The molecular weight excluding hydrogens is 276 g/mol. The quantitative estimate of drug-likeness (QED) is 0.877. The minimum atomic E-state index is -3.65. The highest BCUT2D eigenvalue weighted by Crippen LogP contribution is 2.20. The molecule has 1 N–H and O–H groups in total. The molecule has 0 spiro atoms. The minimum absolute atomic E-state index is 0.115. The van der Waals surface area contributed by atoms with Crippen LogP contribution in [0.25, 0.3) is 0 Å². The Balaban J connectivity index is 2.32. The van der Waals surface area contributed by atoms with Gasteiger partial charge >= 0.3 is 0 Å². The first-order valence-electron chi connectivity index (χ1n) is 5.52. The molecule has 1 aromatic carbocycles. The molecule has 1 amide bonds. The maximum Gasteiger partial charge on any atom is 0.243 e. The number of carbonyl (C=O) groups is 1. The molecule has 18 heavy (non-hydrogen) atoms. The fourth-order valence-electron chi connectivity index (χ4n) is 1.76. The highest BCUT2D eigenvalue weighted by Gasteiger charge is 2.27. The monoisotopic (exact) mass is 288 g/mol. The standard InChI is InChI=1S/C11H13ClN2O3S/c12-9-3-1-4-10(7-9)18(16,17)14-6-2-5-13-11(15)8-14/h1,3-4,7H,2,5-6,8H2,(H,13,15). The maximum absolute atomic E-state index is 12.3. The molecule has 1 saturated heterocycles. The van der Waals surface area contributed by atoms with Crippen LogP contribution in [0.4, 0.5) is 0 Å². The second kappa shape index (κ2) is 5.26.